The van der Waals surface area contributed by atoms with Gasteiger partial charge in [-0.3, -0.25) is 14.6 Å². The first-order valence-corrected chi connectivity index (χ1v) is 6.12. The number of primary amides is 1. The van der Waals surface area contributed by atoms with Crippen LogP contribution in [0.3, 0.4) is 0 Å². The van der Waals surface area contributed by atoms with Gasteiger partial charge in [0.15, 0.2) is 0 Å². The predicted molar refractivity (Wildman–Crippen MR) is 76.6 cm³/mol. The summed E-state index contributed by atoms with van der Waals surface area (Å²) in [4.78, 5) is 33.9. The molecule has 0 saturated heterocycles. The first-order valence-electron chi connectivity index (χ1n) is 6.12. The molecule has 9 heteroatoms. The van der Waals surface area contributed by atoms with E-state index in [0.29, 0.717) is 16.9 Å². The lowest BCUT2D eigenvalue weighted by atomic mass is 10.1. The Hall–Kier alpha value is -3.36. The van der Waals surface area contributed by atoms with Gasteiger partial charge >= 0.3 is 11.9 Å². The molecule has 112 valence electrons. The lowest BCUT2D eigenvalue weighted by Gasteiger charge is -2.09. The molecule has 2 aromatic heterocycles. The van der Waals surface area contributed by atoms with Gasteiger partial charge in [0.25, 0.3) is 5.71 Å². The number of carbonyl (C=O) groups excluding carboxylic acids is 1. The van der Waals surface area contributed by atoms with E-state index in [4.69, 9.17) is 16.2 Å². The number of nitrogens with one attached hydrogen (secondary N) is 1. The minimum Gasteiger partial charge on any atom is -0.480 e. The molecule has 0 saturated carbocycles. The first kappa shape index (κ1) is 15.0. The molecule has 0 atom stereocenters. The van der Waals surface area contributed by atoms with Crippen LogP contribution in [0.2, 0.25) is 0 Å². The fourth-order valence-electron chi connectivity index (χ4n) is 1.71. The lowest BCUT2D eigenvalue weighted by molar-refractivity contribution is -0.135. The van der Waals surface area contributed by atoms with Gasteiger partial charge in [-0.1, -0.05) is 0 Å². The number of aliphatic carboxylic acids is 1. The van der Waals surface area contributed by atoms with Crippen molar-refractivity contribution in [1.82, 2.24) is 15.0 Å². The second-order valence-electron chi connectivity index (χ2n) is 4.27. The number of hydrogen-bond acceptors (Lipinski definition) is 6. The highest BCUT2D eigenvalue weighted by Gasteiger charge is 2.20. The average molecular weight is 301 g/mol. The Kier molecular flexibility index (Phi) is 4.37. The third kappa shape index (κ3) is 3.39. The Bertz CT molecular complexity index is 732. The van der Waals surface area contributed by atoms with Crippen molar-refractivity contribution >= 4 is 23.3 Å². The van der Waals surface area contributed by atoms with Gasteiger partial charge in [0.2, 0.25) is 0 Å². The van der Waals surface area contributed by atoms with E-state index in [2.05, 4.69) is 20.3 Å². The van der Waals surface area contributed by atoms with Crippen LogP contribution in [0.5, 0.6) is 0 Å². The van der Waals surface area contributed by atoms with Crippen LogP contribution < -0.4 is 16.5 Å². The summed E-state index contributed by atoms with van der Waals surface area (Å²) >= 11 is 0. The summed E-state index contributed by atoms with van der Waals surface area (Å²) in [5.74, 6) is -1.89. The minimum atomic E-state index is -1.07. The molecule has 0 radical (unpaired) electrons. The van der Waals surface area contributed by atoms with Crippen molar-refractivity contribution in [2.45, 2.75) is 0 Å². The number of hydrogen-bond donors (Lipinski definition) is 4. The van der Waals surface area contributed by atoms with Crippen LogP contribution in [0.1, 0.15) is 5.56 Å². The molecule has 2 rings (SSSR count). The highest BCUT2D eigenvalue weighted by atomic mass is 16.4. The molecule has 2 heterocycles. The summed E-state index contributed by atoms with van der Waals surface area (Å²) in [6.07, 6.45) is 5.83. The SMILES string of the molecule is NC(=O)C(=[NH2+])c1cc(-c2cncnc2)ncc1NCC(=O)O. The smallest absolute Gasteiger partial charge is 0.322 e. The summed E-state index contributed by atoms with van der Waals surface area (Å²) in [6, 6.07) is 1.52. The number of nitrogens with two attached hydrogens (primary N) is 2. The minimum absolute atomic E-state index is 0.201. The molecule has 0 spiro atoms. The predicted octanol–water partition coefficient (Wildman–Crippen LogP) is -1.93. The molecule has 1 amide bonds. The highest BCUT2D eigenvalue weighted by molar-refractivity contribution is 6.43. The van der Waals surface area contributed by atoms with Crippen molar-refractivity contribution in [3.05, 3.63) is 36.5 Å². The second-order valence-corrected chi connectivity index (χ2v) is 4.27. The van der Waals surface area contributed by atoms with Gasteiger partial charge in [-0.15, -0.1) is 0 Å². The van der Waals surface area contributed by atoms with Crippen LogP contribution in [-0.4, -0.2) is 44.2 Å². The van der Waals surface area contributed by atoms with Gasteiger partial charge in [-0.05, 0) is 6.07 Å². The van der Waals surface area contributed by atoms with Crippen molar-refractivity contribution < 1.29 is 20.1 Å². The number of nitrogens with zero attached hydrogens (tertiary/aromatic N) is 3. The van der Waals surface area contributed by atoms with E-state index in [9.17, 15) is 9.59 Å². The van der Waals surface area contributed by atoms with Gasteiger partial charge in [0.1, 0.15) is 12.9 Å². The molecule has 9 nitrogen and oxygen atoms in total. The fraction of sp³-hybridized carbons (Fsp3) is 0.0769. The fourth-order valence-corrected chi connectivity index (χ4v) is 1.71. The summed E-state index contributed by atoms with van der Waals surface area (Å²) in [5.41, 5.74) is 6.64. The average Bonchev–Trinajstić information content (AvgIpc) is 2.52. The third-order valence-corrected chi connectivity index (χ3v) is 2.75. The number of carboxylic acid groups (broad SMARTS) is 1. The molecule has 6 N–H and O–H groups in total. The number of aromatic nitrogens is 3. The molecule has 0 bridgehead atoms. The zero-order valence-corrected chi connectivity index (χ0v) is 11.4. The van der Waals surface area contributed by atoms with Gasteiger partial charge in [-0.2, -0.15) is 0 Å². The standard InChI is InChI=1S/C13H12N6O3/c14-12(13(15)22)8-1-9(7-2-16-6-17-3-7)18-4-10(8)19-5-11(20)21/h1-4,6,14,19H,5H2,(H2,15,22)(H,20,21)/p+1. The van der Waals surface area contributed by atoms with E-state index < -0.39 is 11.9 Å². The molecule has 0 aliphatic carbocycles. The monoisotopic (exact) mass is 301 g/mol. The molecule has 0 fully saturated rings. The maximum Gasteiger partial charge on any atom is 0.322 e. The normalized spacial score (nSPS) is 10.0. The van der Waals surface area contributed by atoms with Crippen molar-refractivity contribution in [1.29, 1.82) is 0 Å². The number of amides is 1. The zero-order chi connectivity index (χ0) is 16.1. The largest absolute Gasteiger partial charge is 0.480 e. The maximum atomic E-state index is 11.3. The second kappa shape index (κ2) is 6.39. The highest BCUT2D eigenvalue weighted by Crippen LogP contribution is 2.21. The van der Waals surface area contributed by atoms with E-state index in [1.165, 1.54) is 18.6 Å². The molecule has 0 aliphatic rings. The van der Waals surface area contributed by atoms with Crippen LogP contribution >= 0.6 is 0 Å². The molecule has 2 aromatic rings. The summed E-state index contributed by atoms with van der Waals surface area (Å²) in [6.45, 7) is -0.353. The molecule has 0 unspecified atom stereocenters. The Morgan fingerprint density at radius 3 is 2.55 bits per heavy atom. The Morgan fingerprint density at radius 2 is 1.95 bits per heavy atom. The van der Waals surface area contributed by atoms with Crippen LogP contribution in [0.4, 0.5) is 5.69 Å². The van der Waals surface area contributed by atoms with Crippen molar-refractivity contribution in [2.75, 3.05) is 11.9 Å². The van der Waals surface area contributed by atoms with E-state index in [1.54, 1.807) is 12.4 Å². The number of anilines is 1. The number of carboxylic acids is 1. The Balaban J connectivity index is 2.45. The van der Waals surface area contributed by atoms with Gasteiger partial charge in [0.05, 0.1) is 23.1 Å². The van der Waals surface area contributed by atoms with E-state index in [-0.39, 0.29) is 17.8 Å². The molecule has 22 heavy (non-hydrogen) atoms. The van der Waals surface area contributed by atoms with E-state index in [0.717, 1.165) is 0 Å². The van der Waals surface area contributed by atoms with Crippen LogP contribution in [0.25, 0.3) is 11.3 Å². The summed E-state index contributed by atoms with van der Waals surface area (Å²) in [5, 5.41) is 17.0. The first-order chi connectivity index (χ1) is 10.5. The Morgan fingerprint density at radius 1 is 1.27 bits per heavy atom. The van der Waals surface area contributed by atoms with E-state index in [1.807, 2.05) is 0 Å². The van der Waals surface area contributed by atoms with Crippen molar-refractivity contribution in [2.24, 2.45) is 5.73 Å². The Labute approximate surface area is 124 Å². The van der Waals surface area contributed by atoms with Gasteiger partial charge < -0.3 is 16.2 Å². The van der Waals surface area contributed by atoms with Gasteiger partial charge in [0, 0.05) is 18.0 Å². The van der Waals surface area contributed by atoms with E-state index >= 15 is 0 Å². The van der Waals surface area contributed by atoms with Crippen molar-refractivity contribution in [3.8, 4) is 11.3 Å². The maximum absolute atomic E-state index is 11.3. The number of rotatable bonds is 6. The summed E-state index contributed by atoms with van der Waals surface area (Å²) in [7, 11) is 0. The van der Waals surface area contributed by atoms with Crippen LogP contribution in [0, 0.1) is 0 Å². The molecular formula is C13H13N6O3+. The number of carbonyl (C=O) groups is 2. The quantitative estimate of drug-likeness (QED) is 0.452. The summed E-state index contributed by atoms with van der Waals surface area (Å²) < 4.78 is 0. The molecular weight excluding hydrogens is 288 g/mol. The molecule has 0 aliphatic heterocycles. The molecule has 0 aromatic carbocycles. The third-order valence-electron chi connectivity index (χ3n) is 2.75. The van der Waals surface area contributed by atoms with Crippen LogP contribution in [0.15, 0.2) is 31.0 Å². The van der Waals surface area contributed by atoms with Crippen molar-refractivity contribution in [3.63, 3.8) is 0 Å². The topological polar surface area (TPSA) is 157 Å². The van der Waals surface area contributed by atoms with Crippen LogP contribution in [-0.2, 0) is 9.59 Å². The zero-order valence-electron chi connectivity index (χ0n) is 11.4. The number of pyridine rings is 1. The van der Waals surface area contributed by atoms with Gasteiger partial charge in [-0.25, -0.2) is 15.4 Å². The lowest BCUT2D eigenvalue weighted by Crippen LogP contribution is -2.48.